The fourth-order valence-corrected chi connectivity index (χ4v) is 1.95. The summed E-state index contributed by atoms with van der Waals surface area (Å²) < 4.78 is 5.35. The van der Waals surface area contributed by atoms with Crippen molar-refractivity contribution in [2.75, 3.05) is 13.2 Å². The van der Waals surface area contributed by atoms with Crippen LogP contribution in [0.3, 0.4) is 0 Å². The molecule has 1 amide bonds. The largest absolute Gasteiger partial charge is 0.381 e. The number of hydrogen-bond donors (Lipinski definition) is 1. The van der Waals surface area contributed by atoms with E-state index in [1.807, 2.05) is 6.92 Å². The van der Waals surface area contributed by atoms with Crippen LogP contribution in [-0.2, 0) is 9.53 Å². The van der Waals surface area contributed by atoms with E-state index in [-0.39, 0.29) is 11.9 Å². The quantitative estimate of drug-likeness (QED) is 0.746. The molecule has 1 aliphatic rings. The maximum atomic E-state index is 11.3. The second-order valence-electron chi connectivity index (χ2n) is 4.31. The van der Waals surface area contributed by atoms with Crippen LogP contribution in [0.4, 0.5) is 0 Å². The minimum Gasteiger partial charge on any atom is -0.381 e. The first kappa shape index (κ1) is 11.5. The summed E-state index contributed by atoms with van der Waals surface area (Å²) in [7, 11) is 0. The van der Waals surface area contributed by atoms with Gasteiger partial charge < -0.3 is 10.1 Å². The van der Waals surface area contributed by atoms with Gasteiger partial charge in [-0.05, 0) is 12.3 Å². The molecule has 0 spiro atoms. The molecule has 0 aromatic heterocycles. The summed E-state index contributed by atoms with van der Waals surface area (Å²) in [4.78, 5) is 11.3. The molecular formula is C11H21NO2. The molecule has 1 fully saturated rings. The minimum atomic E-state index is 0.149. The van der Waals surface area contributed by atoms with Crippen molar-refractivity contribution in [1.29, 1.82) is 0 Å². The fraction of sp³-hybridized carbons (Fsp3) is 0.909. The van der Waals surface area contributed by atoms with Crippen molar-refractivity contribution < 1.29 is 9.53 Å². The summed E-state index contributed by atoms with van der Waals surface area (Å²) in [6.07, 6.45) is 1.64. The van der Waals surface area contributed by atoms with Gasteiger partial charge in [-0.3, -0.25) is 4.79 Å². The van der Waals surface area contributed by atoms with Crippen LogP contribution in [0.5, 0.6) is 0 Å². The van der Waals surface area contributed by atoms with Crippen LogP contribution in [-0.4, -0.2) is 25.2 Å². The Labute approximate surface area is 86.2 Å². The van der Waals surface area contributed by atoms with Crippen molar-refractivity contribution in [3.8, 4) is 0 Å². The molecule has 0 aromatic carbocycles. The summed E-state index contributed by atoms with van der Waals surface area (Å²) in [5, 5.41) is 3.09. The van der Waals surface area contributed by atoms with Crippen LogP contribution in [0, 0.1) is 11.8 Å². The Morgan fingerprint density at radius 3 is 2.71 bits per heavy atom. The number of rotatable bonds is 4. The van der Waals surface area contributed by atoms with E-state index in [1.165, 1.54) is 0 Å². The predicted molar refractivity (Wildman–Crippen MR) is 56.0 cm³/mol. The van der Waals surface area contributed by atoms with E-state index in [0.717, 1.165) is 19.6 Å². The lowest BCUT2D eigenvalue weighted by molar-refractivity contribution is -0.122. The predicted octanol–water partition coefficient (Wildman–Crippen LogP) is 1.57. The molecule has 1 heterocycles. The lowest BCUT2D eigenvalue weighted by atomic mass is 9.90. The highest BCUT2D eigenvalue weighted by Crippen LogP contribution is 2.21. The highest BCUT2D eigenvalue weighted by atomic mass is 16.5. The van der Waals surface area contributed by atoms with E-state index in [2.05, 4.69) is 19.2 Å². The van der Waals surface area contributed by atoms with Crippen LogP contribution >= 0.6 is 0 Å². The highest BCUT2D eigenvalue weighted by molar-refractivity contribution is 5.75. The summed E-state index contributed by atoms with van der Waals surface area (Å²) >= 11 is 0. The number of carbonyl (C=O) groups excluding carboxylic acids is 1. The van der Waals surface area contributed by atoms with Gasteiger partial charge in [0.15, 0.2) is 0 Å². The Morgan fingerprint density at radius 2 is 2.29 bits per heavy atom. The van der Waals surface area contributed by atoms with Crippen molar-refractivity contribution in [2.45, 2.75) is 39.7 Å². The molecule has 0 bridgehead atoms. The van der Waals surface area contributed by atoms with Gasteiger partial charge in [-0.1, -0.05) is 20.8 Å². The van der Waals surface area contributed by atoms with Crippen molar-refractivity contribution in [3.05, 3.63) is 0 Å². The van der Waals surface area contributed by atoms with E-state index in [4.69, 9.17) is 4.74 Å². The van der Waals surface area contributed by atoms with Gasteiger partial charge in [0.2, 0.25) is 5.91 Å². The van der Waals surface area contributed by atoms with Gasteiger partial charge in [-0.15, -0.1) is 0 Å². The molecular weight excluding hydrogens is 178 g/mol. The molecule has 3 nitrogen and oxygen atoms in total. The molecule has 1 aliphatic heterocycles. The van der Waals surface area contributed by atoms with Crippen LogP contribution in [0.15, 0.2) is 0 Å². The number of carbonyl (C=O) groups is 1. The Balaban J connectivity index is 2.49. The molecule has 0 unspecified atom stereocenters. The van der Waals surface area contributed by atoms with Crippen molar-refractivity contribution >= 4 is 5.91 Å². The lowest BCUT2D eigenvalue weighted by Gasteiger charge is -2.27. The second-order valence-corrected chi connectivity index (χ2v) is 4.31. The van der Waals surface area contributed by atoms with Gasteiger partial charge in [0.1, 0.15) is 0 Å². The maximum absolute atomic E-state index is 11.3. The zero-order chi connectivity index (χ0) is 10.6. The Kier molecular flexibility index (Phi) is 4.39. The molecule has 0 aromatic rings. The molecule has 3 heteroatoms. The van der Waals surface area contributed by atoms with Crippen molar-refractivity contribution in [1.82, 2.24) is 5.32 Å². The average molecular weight is 199 g/mol. The second kappa shape index (κ2) is 5.35. The molecule has 82 valence electrons. The summed E-state index contributed by atoms with van der Waals surface area (Å²) in [5.74, 6) is 1.14. The van der Waals surface area contributed by atoms with E-state index >= 15 is 0 Å². The molecule has 2 atom stereocenters. The summed E-state index contributed by atoms with van der Waals surface area (Å²) in [5.41, 5.74) is 0. The maximum Gasteiger partial charge on any atom is 0.219 e. The van der Waals surface area contributed by atoms with Crippen LogP contribution < -0.4 is 5.32 Å². The van der Waals surface area contributed by atoms with Crippen molar-refractivity contribution in [2.24, 2.45) is 11.8 Å². The smallest absolute Gasteiger partial charge is 0.219 e. The van der Waals surface area contributed by atoms with Gasteiger partial charge in [0, 0.05) is 25.0 Å². The van der Waals surface area contributed by atoms with E-state index < -0.39 is 0 Å². The monoisotopic (exact) mass is 199 g/mol. The number of nitrogens with one attached hydrogen (secondary N) is 1. The van der Waals surface area contributed by atoms with E-state index in [0.29, 0.717) is 18.3 Å². The van der Waals surface area contributed by atoms with Crippen LogP contribution in [0.1, 0.15) is 33.6 Å². The van der Waals surface area contributed by atoms with Crippen LogP contribution in [0.2, 0.25) is 0 Å². The minimum absolute atomic E-state index is 0.149. The van der Waals surface area contributed by atoms with Gasteiger partial charge >= 0.3 is 0 Å². The number of hydrogen-bond acceptors (Lipinski definition) is 2. The average Bonchev–Trinajstić information content (AvgIpc) is 2.65. The van der Waals surface area contributed by atoms with E-state index in [1.54, 1.807) is 0 Å². The Morgan fingerprint density at radius 1 is 1.57 bits per heavy atom. The molecule has 14 heavy (non-hydrogen) atoms. The first-order valence-corrected chi connectivity index (χ1v) is 5.52. The van der Waals surface area contributed by atoms with Crippen molar-refractivity contribution in [3.63, 3.8) is 0 Å². The third-order valence-electron chi connectivity index (χ3n) is 2.84. The Bertz CT molecular complexity index is 186. The molecule has 0 aliphatic carbocycles. The number of amides is 1. The number of ether oxygens (including phenoxy) is 1. The standard InChI is InChI=1S/C11H21NO2/c1-4-10(13)12-11(8(2)3)9-5-6-14-7-9/h8-9,11H,4-7H2,1-3H3,(H,12,13)/t9-,11+/m1/s1. The first-order valence-electron chi connectivity index (χ1n) is 5.52. The lowest BCUT2D eigenvalue weighted by Crippen LogP contribution is -2.43. The van der Waals surface area contributed by atoms with Gasteiger partial charge in [-0.2, -0.15) is 0 Å². The molecule has 1 rings (SSSR count). The zero-order valence-electron chi connectivity index (χ0n) is 9.38. The fourth-order valence-electron chi connectivity index (χ4n) is 1.95. The topological polar surface area (TPSA) is 38.3 Å². The molecule has 1 N–H and O–H groups in total. The third-order valence-corrected chi connectivity index (χ3v) is 2.84. The Hall–Kier alpha value is -0.570. The molecule has 1 saturated heterocycles. The third kappa shape index (κ3) is 2.98. The molecule has 0 saturated carbocycles. The normalized spacial score (nSPS) is 23.9. The zero-order valence-corrected chi connectivity index (χ0v) is 9.38. The first-order chi connectivity index (χ1) is 6.65. The summed E-state index contributed by atoms with van der Waals surface area (Å²) in [6.45, 7) is 7.83. The van der Waals surface area contributed by atoms with Gasteiger partial charge in [-0.25, -0.2) is 0 Å². The van der Waals surface area contributed by atoms with Gasteiger partial charge in [0.25, 0.3) is 0 Å². The summed E-state index contributed by atoms with van der Waals surface area (Å²) in [6, 6.07) is 0.282. The van der Waals surface area contributed by atoms with E-state index in [9.17, 15) is 4.79 Å². The molecule has 0 radical (unpaired) electrons. The SMILES string of the molecule is CCC(=O)N[C@@H](C(C)C)[C@@H]1CCOC1. The van der Waals surface area contributed by atoms with Gasteiger partial charge in [0.05, 0.1) is 6.61 Å². The van der Waals surface area contributed by atoms with Crippen LogP contribution in [0.25, 0.3) is 0 Å². The highest BCUT2D eigenvalue weighted by Gasteiger charge is 2.28.